The average Bonchev–Trinajstić information content (AvgIpc) is 3.24. The second-order valence-electron chi connectivity index (χ2n) is 8.61. The normalized spacial score (nSPS) is 17.4. The molecule has 0 unspecified atom stereocenters. The second kappa shape index (κ2) is 10.5. The van der Waals surface area contributed by atoms with Gasteiger partial charge in [-0.1, -0.05) is 24.3 Å². The SMILES string of the molecule is CCOc1cccc(N2C(=O)/C(=C\c3cn(CC(=O)N4CCOCC4)c4ccccc34)C(=O)NC2=S)c1. The predicted molar refractivity (Wildman–Crippen MR) is 143 cm³/mol. The molecule has 3 amide bonds. The van der Waals surface area contributed by atoms with Gasteiger partial charge in [0.05, 0.1) is 25.5 Å². The van der Waals surface area contributed by atoms with Crippen LogP contribution in [0.15, 0.2) is 60.3 Å². The fraction of sp³-hybridized carbons (Fsp3) is 0.259. The molecule has 3 heterocycles. The van der Waals surface area contributed by atoms with E-state index in [0.29, 0.717) is 49.9 Å². The topological polar surface area (TPSA) is 93.1 Å². The van der Waals surface area contributed by atoms with Crippen molar-refractivity contribution in [3.8, 4) is 5.75 Å². The molecule has 5 rings (SSSR count). The molecule has 2 aliphatic rings. The summed E-state index contributed by atoms with van der Waals surface area (Å²) in [5.74, 6) is -0.538. The molecule has 2 aromatic carbocycles. The van der Waals surface area contributed by atoms with Crippen molar-refractivity contribution in [2.75, 3.05) is 37.8 Å². The minimum absolute atomic E-state index is 0.000616. The van der Waals surface area contributed by atoms with Gasteiger partial charge in [-0.25, -0.2) is 0 Å². The molecule has 1 aromatic heterocycles. The third-order valence-corrected chi connectivity index (χ3v) is 6.56. The highest BCUT2D eigenvalue weighted by Gasteiger charge is 2.35. The monoisotopic (exact) mass is 518 g/mol. The lowest BCUT2D eigenvalue weighted by Crippen LogP contribution is -2.54. The molecule has 10 heteroatoms. The lowest BCUT2D eigenvalue weighted by molar-refractivity contribution is -0.135. The minimum Gasteiger partial charge on any atom is -0.494 e. The number of ether oxygens (including phenoxy) is 2. The lowest BCUT2D eigenvalue weighted by atomic mass is 10.1. The summed E-state index contributed by atoms with van der Waals surface area (Å²) >= 11 is 5.33. The highest BCUT2D eigenvalue weighted by atomic mass is 32.1. The molecule has 2 fully saturated rings. The summed E-state index contributed by atoms with van der Waals surface area (Å²) in [5.41, 5.74) is 1.92. The van der Waals surface area contributed by atoms with Crippen LogP contribution >= 0.6 is 12.2 Å². The third-order valence-electron chi connectivity index (χ3n) is 6.28. The van der Waals surface area contributed by atoms with Gasteiger partial charge in [0.1, 0.15) is 17.9 Å². The zero-order chi connectivity index (χ0) is 25.9. The molecule has 0 atom stereocenters. The van der Waals surface area contributed by atoms with Gasteiger partial charge in [0.2, 0.25) is 5.91 Å². The van der Waals surface area contributed by atoms with E-state index in [0.717, 1.165) is 10.9 Å². The van der Waals surface area contributed by atoms with E-state index in [1.807, 2.05) is 35.8 Å². The summed E-state index contributed by atoms with van der Waals surface area (Å²) in [6, 6.07) is 14.5. The number of anilines is 1. The molecule has 0 radical (unpaired) electrons. The number of fused-ring (bicyclic) bond motifs is 1. The van der Waals surface area contributed by atoms with Gasteiger partial charge in [0, 0.05) is 41.8 Å². The summed E-state index contributed by atoms with van der Waals surface area (Å²) in [4.78, 5) is 42.4. The number of nitrogens with one attached hydrogen (secondary N) is 1. The van der Waals surface area contributed by atoms with Crippen LogP contribution in [0.4, 0.5) is 5.69 Å². The molecular formula is C27H26N4O5S. The van der Waals surface area contributed by atoms with Crippen molar-refractivity contribution in [2.24, 2.45) is 0 Å². The highest BCUT2D eigenvalue weighted by Crippen LogP contribution is 2.28. The molecule has 0 bridgehead atoms. The number of hydrogen-bond acceptors (Lipinski definition) is 6. The number of amides is 3. The second-order valence-corrected chi connectivity index (χ2v) is 9.00. The van der Waals surface area contributed by atoms with Crippen LogP contribution in [-0.4, -0.2) is 65.2 Å². The highest BCUT2D eigenvalue weighted by molar-refractivity contribution is 7.80. The number of morpholine rings is 1. The van der Waals surface area contributed by atoms with Crippen LogP contribution in [0.3, 0.4) is 0 Å². The van der Waals surface area contributed by atoms with Crippen LogP contribution in [0.2, 0.25) is 0 Å². The molecule has 2 aliphatic heterocycles. The minimum atomic E-state index is -0.576. The van der Waals surface area contributed by atoms with Crippen molar-refractivity contribution < 1.29 is 23.9 Å². The number of aromatic nitrogens is 1. The number of benzene rings is 2. The van der Waals surface area contributed by atoms with Crippen molar-refractivity contribution in [3.63, 3.8) is 0 Å². The summed E-state index contributed by atoms with van der Waals surface area (Å²) < 4.78 is 12.7. The number of thiocarbonyl (C=S) groups is 1. The van der Waals surface area contributed by atoms with Crippen LogP contribution in [-0.2, 0) is 25.7 Å². The fourth-order valence-corrected chi connectivity index (χ4v) is 4.79. The molecule has 190 valence electrons. The molecule has 37 heavy (non-hydrogen) atoms. The van der Waals surface area contributed by atoms with E-state index in [1.165, 1.54) is 4.90 Å². The zero-order valence-electron chi connectivity index (χ0n) is 20.3. The summed E-state index contributed by atoms with van der Waals surface area (Å²) in [6.45, 7) is 4.66. The number of nitrogens with zero attached hydrogens (tertiary/aromatic N) is 3. The van der Waals surface area contributed by atoms with E-state index in [4.69, 9.17) is 21.7 Å². The summed E-state index contributed by atoms with van der Waals surface area (Å²) in [5, 5.41) is 3.44. The maximum absolute atomic E-state index is 13.5. The molecule has 1 N–H and O–H groups in total. The van der Waals surface area contributed by atoms with Gasteiger partial charge in [-0.05, 0) is 43.4 Å². The van der Waals surface area contributed by atoms with Gasteiger partial charge in [0.25, 0.3) is 11.8 Å². The first-order valence-corrected chi connectivity index (χ1v) is 12.4. The molecule has 3 aromatic rings. The van der Waals surface area contributed by atoms with Crippen molar-refractivity contribution in [3.05, 3.63) is 65.9 Å². The van der Waals surface area contributed by atoms with E-state index in [-0.39, 0.29) is 23.1 Å². The Balaban J connectivity index is 1.49. The fourth-order valence-electron chi connectivity index (χ4n) is 4.51. The predicted octanol–water partition coefficient (Wildman–Crippen LogP) is 2.73. The number of para-hydroxylation sites is 1. The van der Waals surface area contributed by atoms with Crippen LogP contribution in [0.25, 0.3) is 17.0 Å². The average molecular weight is 519 g/mol. The number of carbonyl (C=O) groups excluding carboxylic acids is 3. The standard InChI is InChI=1S/C27H26N4O5S/c1-2-36-20-7-5-6-19(15-20)31-26(34)22(25(33)28-27(31)37)14-18-16-30(23-9-4-3-8-21(18)23)17-24(32)29-10-12-35-13-11-29/h3-9,14-16H,2,10-13,17H2,1H3,(H,28,33,37)/b22-14-. The van der Waals surface area contributed by atoms with Crippen molar-refractivity contribution in [1.29, 1.82) is 0 Å². The lowest BCUT2D eigenvalue weighted by Gasteiger charge is -2.29. The van der Waals surface area contributed by atoms with E-state index in [9.17, 15) is 14.4 Å². The maximum atomic E-state index is 13.5. The Hall–Kier alpha value is -4.02. The van der Waals surface area contributed by atoms with E-state index >= 15 is 0 Å². The van der Waals surface area contributed by atoms with Crippen LogP contribution in [0.5, 0.6) is 5.75 Å². The Morgan fingerprint density at radius 2 is 1.92 bits per heavy atom. The molecule has 0 spiro atoms. The summed E-state index contributed by atoms with van der Waals surface area (Å²) in [7, 11) is 0. The van der Waals surface area contributed by atoms with Crippen molar-refractivity contribution >= 4 is 57.7 Å². The zero-order valence-corrected chi connectivity index (χ0v) is 21.1. The molecule has 9 nitrogen and oxygen atoms in total. The van der Waals surface area contributed by atoms with Gasteiger partial charge in [-0.3, -0.25) is 24.6 Å². The van der Waals surface area contributed by atoms with Crippen LogP contribution in [0.1, 0.15) is 12.5 Å². The van der Waals surface area contributed by atoms with Crippen LogP contribution < -0.4 is 15.0 Å². The molecule has 0 aliphatic carbocycles. The van der Waals surface area contributed by atoms with Gasteiger partial charge >= 0.3 is 0 Å². The number of hydrogen-bond donors (Lipinski definition) is 1. The number of rotatable bonds is 6. The molecular weight excluding hydrogens is 492 g/mol. The Morgan fingerprint density at radius 1 is 1.14 bits per heavy atom. The smallest absolute Gasteiger partial charge is 0.270 e. The third kappa shape index (κ3) is 4.98. The van der Waals surface area contributed by atoms with E-state index in [1.54, 1.807) is 41.4 Å². The Morgan fingerprint density at radius 3 is 2.70 bits per heavy atom. The quantitative estimate of drug-likeness (QED) is 0.307. The van der Waals surface area contributed by atoms with Gasteiger partial charge < -0.3 is 18.9 Å². The molecule has 0 saturated carbocycles. The maximum Gasteiger partial charge on any atom is 0.270 e. The Bertz CT molecular complexity index is 1420. The van der Waals surface area contributed by atoms with Crippen molar-refractivity contribution in [1.82, 2.24) is 14.8 Å². The van der Waals surface area contributed by atoms with Crippen molar-refractivity contribution in [2.45, 2.75) is 13.5 Å². The number of carbonyl (C=O) groups is 3. The van der Waals surface area contributed by atoms with Gasteiger partial charge in [-0.15, -0.1) is 0 Å². The van der Waals surface area contributed by atoms with E-state index < -0.39 is 11.8 Å². The Labute approximate surface area is 219 Å². The largest absolute Gasteiger partial charge is 0.494 e. The first-order chi connectivity index (χ1) is 18.0. The molecule has 2 saturated heterocycles. The van der Waals surface area contributed by atoms with E-state index in [2.05, 4.69) is 5.32 Å². The van der Waals surface area contributed by atoms with Gasteiger partial charge in [-0.2, -0.15) is 0 Å². The van der Waals surface area contributed by atoms with Crippen LogP contribution in [0, 0.1) is 0 Å². The Kier molecular flexibility index (Phi) is 7.02. The van der Waals surface area contributed by atoms with Gasteiger partial charge in [0.15, 0.2) is 5.11 Å². The first-order valence-electron chi connectivity index (χ1n) is 12.0. The summed E-state index contributed by atoms with van der Waals surface area (Å²) in [6.07, 6.45) is 3.35. The first kappa shape index (κ1) is 24.7.